The second-order valence-electron chi connectivity index (χ2n) is 2.84. The number of aromatic nitrogens is 3. The highest BCUT2D eigenvalue weighted by molar-refractivity contribution is 5.86. The lowest BCUT2D eigenvalue weighted by Gasteiger charge is -2.07. The molecule has 1 N–H and O–H groups in total. The highest BCUT2D eigenvalue weighted by Crippen LogP contribution is 2.10. The van der Waals surface area contributed by atoms with Crippen molar-refractivity contribution in [3.05, 3.63) is 11.9 Å². The fourth-order valence-corrected chi connectivity index (χ4v) is 1.10. The Morgan fingerprint density at radius 1 is 1.67 bits per heavy atom. The molecule has 0 spiro atoms. The van der Waals surface area contributed by atoms with Crippen LogP contribution in [0.3, 0.4) is 0 Å². The maximum atomic E-state index is 11.0. The minimum atomic E-state index is -1.01. The van der Waals surface area contributed by atoms with Gasteiger partial charge in [-0.1, -0.05) is 12.1 Å². The van der Waals surface area contributed by atoms with Crippen LogP contribution < -0.4 is 0 Å². The quantitative estimate of drug-likeness (QED) is 0.713. The van der Waals surface area contributed by atoms with Gasteiger partial charge >= 0.3 is 11.9 Å². The lowest BCUT2D eigenvalue weighted by molar-refractivity contribution is -0.141. The van der Waals surface area contributed by atoms with Crippen molar-refractivity contribution >= 4 is 11.9 Å². The van der Waals surface area contributed by atoms with Crippen LogP contribution in [0, 0.1) is 0 Å². The van der Waals surface area contributed by atoms with Crippen LogP contribution >= 0.6 is 0 Å². The zero-order valence-corrected chi connectivity index (χ0v) is 8.38. The summed E-state index contributed by atoms with van der Waals surface area (Å²) in [7, 11) is 1.22. The summed E-state index contributed by atoms with van der Waals surface area (Å²) in [5.41, 5.74) is -0.00259. The van der Waals surface area contributed by atoms with E-state index in [-0.39, 0.29) is 5.69 Å². The van der Waals surface area contributed by atoms with Gasteiger partial charge in [0.25, 0.3) is 0 Å². The van der Waals surface area contributed by atoms with E-state index in [4.69, 9.17) is 5.11 Å². The number of carbonyl (C=O) groups is 2. The van der Waals surface area contributed by atoms with Gasteiger partial charge in [0.2, 0.25) is 0 Å². The van der Waals surface area contributed by atoms with Crippen molar-refractivity contribution in [1.29, 1.82) is 0 Å². The molecule has 0 saturated heterocycles. The first kappa shape index (κ1) is 11.2. The largest absolute Gasteiger partial charge is 0.480 e. The Hall–Kier alpha value is -1.92. The number of carbonyl (C=O) groups excluding carboxylic acids is 1. The molecule has 1 aromatic rings. The Bertz CT molecular complexity index is 374. The molecule has 0 saturated carbocycles. The average molecular weight is 213 g/mol. The molecule has 0 aliphatic heterocycles. The summed E-state index contributed by atoms with van der Waals surface area (Å²) in [4.78, 5) is 21.8. The fourth-order valence-electron chi connectivity index (χ4n) is 1.10. The van der Waals surface area contributed by atoms with E-state index in [9.17, 15) is 9.59 Å². The molecule has 0 fully saturated rings. The SMILES string of the molecule is CCC(C(=O)O)n1cc(C(=O)OC)nn1. The molecule has 1 aromatic heterocycles. The van der Waals surface area contributed by atoms with Crippen LogP contribution in [0.4, 0.5) is 0 Å². The second kappa shape index (κ2) is 4.54. The van der Waals surface area contributed by atoms with Gasteiger partial charge in [-0.05, 0) is 6.42 Å². The Labute approximate surface area is 85.6 Å². The Balaban J connectivity index is 2.92. The van der Waals surface area contributed by atoms with Crippen LogP contribution in [-0.4, -0.2) is 39.1 Å². The van der Waals surface area contributed by atoms with Gasteiger partial charge in [-0.25, -0.2) is 14.3 Å². The van der Waals surface area contributed by atoms with Gasteiger partial charge in [-0.15, -0.1) is 5.10 Å². The monoisotopic (exact) mass is 213 g/mol. The molecule has 7 heteroatoms. The highest BCUT2D eigenvalue weighted by Gasteiger charge is 2.20. The van der Waals surface area contributed by atoms with Gasteiger partial charge < -0.3 is 9.84 Å². The molecule has 82 valence electrons. The minimum absolute atomic E-state index is 0.00259. The van der Waals surface area contributed by atoms with Crippen LogP contribution in [0.1, 0.15) is 29.9 Å². The van der Waals surface area contributed by atoms with E-state index >= 15 is 0 Å². The predicted molar refractivity (Wildman–Crippen MR) is 48.3 cm³/mol. The third-order valence-corrected chi connectivity index (χ3v) is 1.90. The van der Waals surface area contributed by atoms with E-state index < -0.39 is 18.0 Å². The van der Waals surface area contributed by atoms with Gasteiger partial charge in [0.1, 0.15) is 0 Å². The second-order valence-corrected chi connectivity index (χ2v) is 2.84. The number of methoxy groups -OCH3 is 1. The smallest absolute Gasteiger partial charge is 0.360 e. The molecule has 0 aromatic carbocycles. The van der Waals surface area contributed by atoms with Crippen molar-refractivity contribution in [3.63, 3.8) is 0 Å². The molecule has 0 amide bonds. The number of aliphatic carboxylic acids is 1. The summed E-state index contributed by atoms with van der Waals surface area (Å²) in [5.74, 6) is -1.65. The number of carboxylic acids is 1. The van der Waals surface area contributed by atoms with Crippen LogP contribution in [0.25, 0.3) is 0 Å². The zero-order valence-electron chi connectivity index (χ0n) is 8.38. The molecular weight excluding hydrogens is 202 g/mol. The molecule has 1 atom stereocenters. The van der Waals surface area contributed by atoms with Crippen LogP contribution in [-0.2, 0) is 9.53 Å². The third kappa shape index (κ3) is 2.30. The summed E-state index contributed by atoms with van der Waals surface area (Å²) in [6.07, 6.45) is 1.62. The Morgan fingerprint density at radius 3 is 2.80 bits per heavy atom. The summed E-state index contributed by atoms with van der Waals surface area (Å²) < 4.78 is 5.55. The first-order chi connectivity index (χ1) is 7.10. The first-order valence-corrected chi connectivity index (χ1v) is 4.33. The summed E-state index contributed by atoms with van der Waals surface area (Å²) in [6, 6.07) is -0.809. The van der Waals surface area contributed by atoms with Gasteiger partial charge in [0.05, 0.1) is 13.3 Å². The van der Waals surface area contributed by atoms with Crippen molar-refractivity contribution in [2.24, 2.45) is 0 Å². The standard InChI is InChI=1S/C8H11N3O4/c1-3-6(7(12)13)11-4-5(9-10-11)8(14)15-2/h4,6H,3H2,1-2H3,(H,12,13). The zero-order chi connectivity index (χ0) is 11.4. The minimum Gasteiger partial charge on any atom is -0.480 e. The fraction of sp³-hybridized carbons (Fsp3) is 0.500. The summed E-state index contributed by atoms with van der Waals surface area (Å²) in [5, 5.41) is 15.9. The van der Waals surface area contributed by atoms with Gasteiger partial charge in [0.15, 0.2) is 11.7 Å². The number of hydrogen-bond acceptors (Lipinski definition) is 5. The summed E-state index contributed by atoms with van der Waals surface area (Å²) >= 11 is 0. The molecule has 0 radical (unpaired) electrons. The maximum absolute atomic E-state index is 11.0. The number of nitrogens with zero attached hydrogens (tertiary/aromatic N) is 3. The molecule has 1 rings (SSSR count). The molecular formula is C8H11N3O4. The summed E-state index contributed by atoms with van der Waals surface area (Å²) in [6.45, 7) is 1.71. The lowest BCUT2D eigenvalue weighted by atomic mass is 10.2. The van der Waals surface area contributed by atoms with Crippen LogP contribution in [0.5, 0.6) is 0 Å². The lowest BCUT2D eigenvalue weighted by Crippen LogP contribution is -2.18. The normalized spacial score (nSPS) is 12.1. The number of rotatable bonds is 4. The third-order valence-electron chi connectivity index (χ3n) is 1.90. The first-order valence-electron chi connectivity index (χ1n) is 4.33. The van der Waals surface area contributed by atoms with E-state index in [0.29, 0.717) is 6.42 Å². The van der Waals surface area contributed by atoms with Gasteiger partial charge in [-0.2, -0.15) is 0 Å². The molecule has 1 unspecified atom stereocenters. The number of ether oxygens (including phenoxy) is 1. The maximum Gasteiger partial charge on any atom is 0.360 e. The van der Waals surface area contributed by atoms with Crippen molar-refractivity contribution in [3.8, 4) is 0 Å². The molecule has 0 aliphatic carbocycles. The number of carboxylic acid groups (broad SMARTS) is 1. The van der Waals surface area contributed by atoms with Gasteiger partial charge in [-0.3, -0.25) is 0 Å². The van der Waals surface area contributed by atoms with E-state index in [1.54, 1.807) is 6.92 Å². The number of esters is 1. The molecule has 7 nitrogen and oxygen atoms in total. The average Bonchev–Trinajstić information content (AvgIpc) is 2.66. The van der Waals surface area contributed by atoms with E-state index in [0.717, 1.165) is 4.68 Å². The predicted octanol–water partition coefficient (Wildman–Crippen LogP) is 0.100. The van der Waals surface area contributed by atoms with Crippen molar-refractivity contribution < 1.29 is 19.4 Å². The van der Waals surface area contributed by atoms with Crippen molar-refractivity contribution in [2.45, 2.75) is 19.4 Å². The van der Waals surface area contributed by atoms with E-state index in [1.165, 1.54) is 13.3 Å². The van der Waals surface area contributed by atoms with E-state index in [1.807, 2.05) is 0 Å². The highest BCUT2D eigenvalue weighted by atomic mass is 16.5. The molecule has 1 heterocycles. The van der Waals surface area contributed by atoms with E-state index in [2.05, 4.69) is 15.0 Å². The number of hydrogen-bond donors (Lipinski definition) is 1. The molecule has 0 aliphatic rings. The van der Waals surface area contributed by atoms with Crippen molar-refractivity contribution in [2.75, 3.05) is 7.11 Å². The molecule has 15 heavy (non-hydrogen) atoms. The topological polar surface area (TPSA) is 94.3 Å². The van der Waals surface area contributed by atoms with Crippen LogP contribution in [0.15, 0.2) is 6.20 Å². The van der Waals surface area contributed by atoms with Crippen molar-refractivity contribution in [1.82, 2.24) is 15.0 Å². The Morgan fingerprint density at radius 2 is 2.33 bits per heavy atom. The molecule has 0 bridgehead atoms. The van der Waals surface area contributed by atoms with Gasteiger partial charge in [0, 0.05) is 0 Å². The van der Waals surface area contributed by atoms with Crippen LogP contribution in [0.2, 0.25) is 0 Å². The Kier molecular flexibility index (Phi) is 3.37.